The number of morpholine rings is 1. The van der Waals surface area contributed by atoms with Crippen molar-refractivity contribution in [1.82, 2.24) is 19.6 Å². The van der Waals surface area contributed by atoms with Crippen LogP contribution < -0.4 is 4.74 Å². The molecule has 1 N–H and O–H groups in total. The van der Waals surface area contributed by atoms with Crippen molar-refractivity contribution < 1.29 is 32.3 Å². The predicted molar refractivity (Wildman–Crippen MR) is 120 cm³/mol. The summed E-state index contributed by atoms with van der Waals surface area (Å²) < 4.78 is 53.5. The van der Waals surface area contributed by atoms with E-state index < -0.39 is 6.36 Å². The van der Waals surface area contributed by atoms with Crippen LogP contribution in [-0.4, -0.2) is 57.4 Å². The molecule has 3 heterocycles. The maximum Gasteiger partial charge on any atom is 0.573 e. The van der Waals surface area contributed by atoms with Gasteiger partial charge in [-0.3, -0.25) is 4.90 Å². The van der Waals surface area contributed by atoms with E-state index in [1.807, 2.05) is 19.1 Å². The summed E-state index contributed by atoms with van der Waals surface area (Å²) in [6.07, 6.45) is -2.96. The highest BCUT2D eigenvalue weighted by Gasteiger charge is 2.31. The van der Waals surface area contributed by atoms with Crippen LogP contribution in [0.25, 0.3) is 22.2 Å². The van der Waals surface area contributed by atoms with E-state index in [1.165, 1.54) is 24.3 Å². The number of aryl methyl sites for hydroxylation is 1. The Balaban J connectivity index is 1.36. The molecule has 11 heteroatoms. The summed E-state index contributed by atoms with van der Waals surface area (Å²) in [5.74, 6) is 0.762. The highest BCUT2D eigenvalue weighted by molar-refractivity contribution is 5.93. The summed E-state index contributed by atoms with van der Waals surface area (Å²) in [6, 6.07) is 9.29. The van der Waals surface area contributed by atoms with Gasteiger partial charge in [-0.2, -0.15) is 4.98 Å². The number of nitrogens with zero attached hydrogens (tertiary/aromatic N) is 4. The minimum absolute atomic E-state index is 0.0678. The van der Waals surface area contributed by atoms with E-state index in [-0.39, 0.29) is 18.2 Å². The van der Waals surface area contributed by atoms with Gasteiger partial charge in [-0.05, 0) is 42.3 Å². The van der Waals surface area contributed by atoms with E-state index in [0.717, 1.165) is 29.6 Å². The van der Waals surface area contributed by atoms with Crippen LogP contribution in [0, 0.1) is 6.92 Å². The SMILES string of the molecule is Cc1cc(-c2nc(CN3CCOCC3)no2)cc2cn(Cc3ccc(OC(F)(F)F)cc3)c(O)c12. The van der Waals surface area contributed by atoms with Crippen LogP contribution in [0.1, 0.15) is 17.0 Å². The molecule has 1 saturated heterocycles. The molecule has 2 aromatic heterocycles. The van der Waals surface area contributed by atoms with Gasteiger partial charge in [0.25, 0.3) is 5.89 Å². The second kappa shape index (κ2) is 9.23. The Morgan fingerprint density at radius 3 is 2.54 bits per heavy atom. The zero-order valence-electron chi connectivity index (χ0n) is 18.9. The van der Waals surface area contributed by atoms with Crippen molar-refractivity contribution >= 4 is 10.8 Å². The van der Waals surface area contributed by atoms with Gasteiger partial charge < -0.3 is 23.7 Å². The van der Waals surface area contributed by atoms with Crippen LogP contribution in [0.5, 0.6) is 11.6 Å². The van der Waals surface area contributed by atoms with Gasteiger partial charge in [-0.1, -0.05) is 17.3 Å². The molecular weight excluding hydrogens is 465 g/mol. The Kier molecular flexibility index (Phi) is 6.12. The third kappa shape index (κ3) is 5.25. The molecule has 8 nitrogen and oxygen atoms in total. The van der Waals surface area contributed by atoms with E-state index in [2.05, 4.69) is 19.8 Å². The molecule has 4 aromatic rings. The molecule has 0 amide bonds. The van der Waals surface area contributed by atoms with Gasteiger partial charge in [-0.15, -0.1) is 13.2 Å². The molecule has 1 aliphatic rings. The molecule has 0 radical (unpaired) electrons. The summed E-state index contributed by atoms with van der Waals surface area (Å²) in [6.45, 7) is 5.74. The summed E-state index contributed by atoms with van der Waals surface area (Å²) in [5, 5.41) is 16.4. The lowest BCUT2D eigenvalue weighted by atomic mass is 10.1. The van der Waals surface area contributed by atoms with Crippen LogP contribution in [-0.2, 0) is 17.8 Å². The standard InChI is InChI=1S/C24H23F3N4O4/c1-15-10-17(22-28-20(29-35-22)14-30-6-8-33-9-7-30)11-18-13-31(23(32)21(15)18)12-16-2-4-19(5-3-16)34-24(25,26)27/h2-5,10-11,13,32H,6-9,12,14H2,1H3. The predicted octanol–water partition coefficient (Wildman–Crippen LogP) is 4.48. The minimum atomic E-state index is -4.74. The fraction of sp³-hybridized carbons (Fsp3) is 0.333. The number of hydrogen-bond acceptors (Lipinski definition) is 7. The second-order valence-electron chi connectivity index (χ2n) is 8.43. The molecule has 0 atom stereocenters. The number of aromatic hydroxyl groups is 1. The van der Waals surface area contributed by atoms with Crippen molar-refractivity contribution in [1.29, 1.82) is 0 Å². The Hall–Kier alpha value is -3.57. The second-order valence-corrected chi connectivity index (χ2v) is 8.43. The van der Waals surface area contributed by atoms with Crippen molar-refractivity contribution in [2.24, 2.45) is 0 Å². The molecule has 1 aliphatic heterocycles. The van der Waals surface area contributed by atoms with Gasteiger partial charge in [0.2, 0.25) is 0 Å². The van der Waals surface area contributed by atoms with Crippen molar-refractivity contribution in [3.8, 4) is 23.1 Å². The number of ether oxygens (including phenoxy) is 2. The Morgan fingerprint density at radius 1 is 1.09 bits per heavy atom. The highest BCUT2D eigenvalue weighted by Crippen LogP contribution is 2.34. The lowest BCUT2D eigenvalue weighted by molar-refractivity contribution is -0.274. The zero-order chi connectivity index (χ0) is 24.6. The summed E-state index contributed by atoms with van der Waals surface area (Å²) in [5.41, 5.74) is 2.27. The number of rotatable bonds is 6. The first-order valence-corrected chi connectivity index (χ1v) is 11.1. The van der Waals surface area contributed by atoms with E-state index in [0.29, 0.717) is 42.4 Å². The number of hydrogen-bond donors (Lipinski definition) is 1. The molecule has 0 unspecified atom stereocenters. The van der Waals surface area contributed by atoms with Gasteiger partial charge >= 0.3 is 6.36 Å². The normalized spacial score (nSPS) is 15.1. The third-order valence-corrected chi connectivity index (χ3v) is 5.85. The van der Waals surface area contributed by atoms with Crippen molar-refractivity contribution in [2.45, 2.75) is 26.4 Å². The fourth-order valence-electron chi connectivity index (χ4n) is 4.23. The molecule has 184 valence electrons. The molecule has 35 heavy (non-hydrogen) atoms. The molecule has 0 aliphatic carbocycles. The summed E-state index contributed by atoms with van der Waals surface area (Å²) >= 11 is 0. The number of benzene rings is 2. The van der Waals surface area contributed by atoms with Gasteiger partial charge in [-0.25, -0.2) is 0 Å². The Bertz CT molecular complexity index is 1330. The number of fused-ring (bicyclic) bond motifs is 1. The largest absolute Gasteiger partial charge is 0.573 e. The van der Waals surface area contributed by atoms with Gasteiger partial charge in [0.15, 0.2) is 11.7 Å². The first-order valence-electron chi connectivity index (χ1n) is 11.1. The topological polar surface area (TPSA) is 85.8 Å². The monoisotopic (exact) mass is 488 g/mol. The summed E-state index contributed by atoms with van der Waals surface area (Å²) in [4.78, 5) is 6.73. The first-order chi connectivity index (χ1) is 16.7. The Morgan fingerprint density at radius 2 is 1.83 bits per heavy atom. The number of aromatic nitrogens is 3. The average Bonchev–Trinajstić information content (AvgIpc) is 3.39. The maximum atomic E-state index is 12.4. The third-order valence-electron chi connectivity index (χ3n) is 5.85. The molecular formula is C24H23F3N4O4. The van der Waals surface area contributed by atoms with Crippen LogP contribution in [0.3, 0.4) is 0 Å². The maximum absolute atomic E-state index is 12.4. The van der Waals surface area contributed by atoms with Crippen molar-refractivity contribution in [3.05, 3.63) is 59.5 Å². The summed E-state index contributed by atoms with van der Waals surface area (Å²) in [7, 11) is 0. The number of alkyl halides is 3. The van der Waals surface area contributed by atoms with E-state index in [9.17, 15) is 18.3 Å². The van der Waals surface area contributed by atoms with Crippen LogP contribution in [0.4, 0.5) is 13.2 Å². The molecule has 5 rings (SSSR count). The molecule has 0 spiro atoms. The quantitative estimate of drug-likeness (QED) is 0.428. The minimum Gasteiger partial charge on any atom is -0.494 e. The molecule has 0 saturated carbocycles. The average molecular weight is 488 g/mol. The van der Waals surface area contributed by atoms with E-state index in [4.69, 9.17) is 9.26 Å². The van der Waals surface area contributed by atoms with Gasteiger partial charge in [0.1, 0.15) is 5.75 Å². The van der Waals surface area contributed by atoms with Crippen molar-refractivity contribution in [2.75, 3.05) is 26.3 Å². The van der Waals surface area contributed by atoms with Crippen LogP contribution >= 0.6 is 0 Å². The van der Waals surface area contributed by atoms with Crippen LogP contribution in [0.15, 0.2) is 47.1 Å². The fourth-order valence-corrected chi connectivity index (χ4v) is 4.23. The van der Waals surface area contributed by atoms with Crippen LogP contribution in [0.2, 0.25) is 0 Å². The lowest BCUT2D eigenvalue weighted by Crippen LogP contribution is -2.35. The van der Waals surface area contributed by atoms with E-state index >= 15 is 0 Å². The van der Waals surface area contributed by atoms with E-state index in [1.54, 1.807) is 10.8 Å². The van der Waals surface area contributed by atoms with Gasteiger partial charge in [0.05, 0.1) is 26.3 Å². The molecule has 1 fully saturated rings. The highest BCUT2D eigenvalue weighted by atomic mass is 19.4. The lowest BCUT2D eigenvalue weighted by Gasteiger charge is -2.24. The first kappa shape index (κ1) is 23.2. The zero-order valence-corrected chi connectivity index (χ0v) is 18.9. The Labute approximate surface area is 198 Å². The number of halogens is 3. The van der Waals surface area contributed by atoms with Gasteiger partial charge in [0, 0.05) is 35.6 Å². The molecule has 0 bridgehead atoms. The molecule has 2 aromatic carbocycles. The smallest absolute Gasteiger partial charge is 0.494 e. The van der Waals surface area contributed by atoms with Crippen molar-refractivity contribution in [3.63, 3.8) is 0 Å².